The molecule has 1 fully saturated rings. The second-order valence-electron chi connectivity index (χ2n) is 9.48. The van der Waals surface area contributed by atoms with Crippen LogP contribution >= 0.6 is 0 Å². The van der Waals surface area contributed by atoms with Crippen molar-refractivity contribution in [1.82, 2.24) is 4.90 Å². The lowest BCUT2D eigenvalue weighted by molar-refractivity contribution is -0.135. The van der Waals surface area contributed by atoms with Crippen LogP contribution in [0.25, 0.3) is 5.57 Å². The van der Waals surface area contributed by atoms with E-state index in [1.807, 2.05) is 18.2 Å². The van der Waals surface area contributed by atoms with E-state index in [0.29, 0.717) is 6.61 Å². The van der Waals surface area contributed by atoms with Gasteiger partial charge in [-0.15, -0.1) is 0 Å². The van der Waals surface area contributed by atoms with E-state index in [2.05, 4.69) is 24.0 Å². The maximum absolute atomic E-state index is 13.5. The number of halogens is 2. The van der Waals surface area contributed by atoms with Crippen LogP contribution in [0.4, 0.5) is 8.78 Å². The average Bonchev–Trinajstić information content (AvgIpc) is 3.01. The predicted octanol–water partition coefficient (Wildman–Crippen LogP) is 6.62. The lowest BCUT2D eigenvalue weighted by Gasteiger charge is -2.43. The summed E-state index contributed by atoms with van der Waals surface area (Å²) < 4.78 is 39.8. The van der Waals surface area contributed by atoms with E-state index >= 15 is 0 Å². The minimum atomic E-state index is -0.267. The molecule has 0 N–H and O–H groups in total. The summed E-state index contributed by atoms with van der Waals surface area (Å²) >= 11 is 0. The van der Waals surface area contributed by atoms with E-state index in [4.69, 9.17) is 9.47 Å². The topological polar surface area (TPSA) is 21.7 Å². The maximum Gasteiger partial charge on any atom is 0.125 e. The van der Waals surface area contributed by atoms with Crippen molar-refractivity contribution in [2.45, 2.75) is 44.5 Å². The molecule has 3 aromatic carbocycles. The number of piperidine rings is 1. The van der Waals surface area contributed by atoms with Crippen molar-refractivity contribution in [2.75, 3.05) is 19.6 Å². The molecular formula is C30H31F2NO2. The molecule has 0 radical (unpaired) electrons. The Labute approximate surface area is 206 Å². The first-order valence-electron chi connectivity index (χ1n) is 12.4. The lowest BCUT2D eigenvalue weighted by Crippen LogP contribution is -2.53. The minimum absolute atomic E-state index is 0.00301. The number of hydrogen-bond donors (Lipinski definition) is 0. The van der Waals surface area contributed by atoms with Gasteiger partial charge in [0, 0.05) is 25.2 Å². The molecule has 1 saturated heterocycles. The number of para-hydroxylation sites is 1. The summed E-state index contributed by atoms with van der Waals surface area (Å²) in [6.07, 6.45) is 4.87. The quantitative estimate of drug-likeness (QED) is 0.414. The first kappa shape index (κ1) is 23.7. The normalized spacial score (nSPS) is 19.5. The molecule has 0 amide bonds. The van der Waals surface area contributed by atoms with Crippen molar-refractivity contribution in [1.29, 1.82) is 0 Å². The zero-order valence-corrected chi connectivity index (χ0v) is 20.1. The van der Waals surface area contributed by atoms with Crippen LogP contribution in [0.2, 0.25) is 0 Å². The van der Waals surface area contributed by atoms with Gasteiger partial charge in [-0.25, -0.2) is 8.78 Å². The third-order valence-electron chi connectivity index (χ3n) is 7.34. The van der Waals surface area contributed by atoms with Gasteiger partial charge in [-0.05, 0) is 73.2 Å². The van der Waals surface area contributed by atoms with Gasteiger partial charge in [0.05, 0.1) is 6.61 Å². The third kappa shape index (κ3) is 5.31. The molecule has 2 heterocycles. The van der Waals surface area contributed by atoms with Gasteiger partial charge in [0.2, 0.25) is 0 Å². The van der Waals surface area contributed by atoms with E-state index in [0.717, 1.165) is 66.9 Å². The number of fused-ring (bicyclic) bond motifs is 1. The Morgan fingerprint density at radius 1 is 0.914 bits per heavy atom. The van der Waals surface area contributed by atoms with Crippen LogP contribution in [0, 0.1) is 11.6 Å². The summed E-state index contributed by atoms with van der Waals surface area (Å²) in [7, 11) is 0. The molecule has 5 heteroatoms. The summed E-state index contributed by atoms with van der Waals surface area (Å²) in [5.41, 5.74) is 3.68. The van der Waals surface area contributed by atoms with E-state index in [9.17, 15) is 8.78 Å². The standard InChI is InChI=1S/C30H31F2NO2/c1-22-30(34-21-25-5-2-3-7-29(25)35-22)16-19-33(20-17-30)18-4-6-28(23-8-12-26(31)13-9-23)24-10-14-27(32)15-11-24/h2-3,5-15,22H,4,16-21H2,1H3. The van der Waals surface area contributed by atoms with Crippen LogP contribution < -0.4 is 4.74 Å². The third-order valence-corrected chi connectivity index (χ3v) is 7.34. The maximum atomic E-state index is 13.5. The molecule has 0 aromatic heterocycles. The second kappa shape index (κ2) is 10.3. The second-order valence-corrected chi connectivity index (χ2v) is 9.48. The molecule has 2 aliphatic rings. The van der Waals surface area contributed by atoms with Crippen LogP contribution in [0.1, 0.15) is 42.9 Å². The zero-order valence-electron chi connectivity index (χ0n) is 20.1. The van der Waals surface area contributed by atoms with E-state index in [-0.39, 0.29) is 23.3 Å². The fraction of sp³-hybridized carbons (Fsp3) is 0.333. The molecule has 1 unspecified atom stereocenters. The summed E-state index contributed by atoms with van der Waals surface area (Å²) in [5.74, 6) is 0.395. The molecule has 5 rings (SSSR count). The predicted molar refractivity (Wildman–Crippen MR) is 134 cm³/mol. The van der Waals surface area contributed by atoms with Gasteiger partial charge in [0.1, 0.15) is 29.1 Å². The first-order valence-corrected chi connectivity index (χ1v) is 12.4. The fourth-order valence-corrected chi connectivity index (χ4v) is 5.13. The number of likely N-dealkylation sites (tertiary alicyclic amines) is 1. The van der Waals surface area contributed by atoms with E-state index < -0.39 is 0 Å². The SMILES string of the molecule is CC1Oc2ccccc2COC12CCN(CCC=C(c1ccc(F)cc1)c1ccc(F)cc1)CC2. The first-order chi connectivity index (χ1) is 17.0. The Balaban J connectivity index is 1.23. The summed E-state index contributed by atoms with van der Waals surface area (Å²) in [5, 5.41) is 0. The van der Waals surface area contributed by atoms with Crippen LogP contribution in [-0.2, 0) is 11.3 Å². The summed E-state index contributed by atoms with van der Waals surface area (Å²) in [4.78, 5) is 2.46. The van der Waals surface area contributed by atoms with Gasteiger partial charge in [0.15, 0.2) is 0 Å². The molecule has 0 aliphatic carbocycles. The van der Waals surface area contributed by atoms with E-state index in [1.165, 1.54) is 24.3 Å². The average molecular weight is 476 g/mol. The molecule has 2 aliphatic heterocycles. The number of hydrogen-bond acceptors (Lipinski definition) is 3. The number of rotatable bonds is 5. The molecule has 0 bridgehead atoms. The zero-order chi connectivity index (χ0) is 24.3. The van der Waals surface area contributed by atoms with Crippen molar-refractivity contribution < 1.29 is 18.3 Å². The number of ether oxygens (including phenoxy) is 2. The van der Waals surface area contributed by atoms with Gasteiger partial charge in [-0.3, -0.25) is 0 Å². The summed E-state index contributed by atoms with van der Waals surface area (Å²) in [6.45, 7) is 5.51. The Kier molecular flexibility index (Phi) is 6.98. The Hall–Kier alpha value is -3.02. The Bertz CT molecular complexity index is 1120. The highest BCUT2D eigenvalue weighted by Crippen LogP contribution is 2.37. The van der Waals surface area contributed by atoms with Gasteiger partial charge in [-0.2, -0.15) is 0 Å². The van der Waals surface area contributed by atoms with Crippen molar-refractivity contribution in [3.05, 3.63) is 107 Å². The van der Waals surface area contributed by atoms with Crippen molar-refractivity contribution >= 4 is 5.57 Å². The molecule has 3 nitrogen and oxygen atoms in total. The highest BCUT2D eigenvalue weighted by atomic mass is 19.1. The van der Waals surface area contributed by atoms with Gasteiger partial charge in [-0.1, -0.05) is 48.5 Å². The van der Waals surface area contributed by atoms with Crippen LogP contribution in [-0.4, -0.2) is 36.2 Å². The molecule has 1 atom stereocenters. The van der Waals surface area contributed by atoms with Gasteiger partial charge in [0.25, 0.3) is 0 Å². The van der Waals surface area contributed by atoms with Crippen LogP contribution in [0.5, 0.6) is 5.75 Å². The van der Waals surface area contributed by atoms with Crippen LogP contribution in [0.3, 0.4) is 0 Å². The van der Waals surface area contributed by atoms with Crippen molar-refractivity contribution in [3.8, 4) is 5.75 Å². The van der Waals surface area contributed by atoms with Crippen molar-refractivity contribution in [3.63, 3.8) is 0 Å². The largest absolute Gasteiger partial charge is 0.487 e. The number of benzene rings is 3. The van der Waals surface area contributed by atoms with Gasteiger partial charge < -0.3 is 14.4 Å². The smallest absolute Gasteiger partial charge is 0.125 e. The van der Waals surface area contributed by atoms with E-state index in [1.54, 1.807) is 24.3 Å². The highest BCUT2D eigenvalue weighted by Gasteiger charge is 2.43. The van der Waals surface area contributed by atoms with Crippen LogP contribution in [0.15, 0.2) is 78.9 Å². The highest BCUT2D eigenvalue weighted by molar-refractivity contribution is 5.79. The molecule has 3 aromatic rings. The van der Waals surface area contributed by atoms with Crippen molar-refractivity contribution in [2.24, 2.45) is 0 Å². The molecule has 1 spiro atoms. The summed E-state index contributed by atoms with van der Waals surface area (Å²) in [6, 6.07) is 21.1. The van der Waals surface area contributed by atoms with Gasteiger partial charge >= 0.3 is 0 Å². The number of nitrogens with zero attached hydrogens (tertiary/aromatic N) is 1. The minimum Gasteiger partial charge on any atom is -0.487 e. The molecule has 182 valence electrons. The molecule has 35 heavy (non-hydrogen) atoms. The fourth-order valence-electron chi connectivity index (χ4n) is 5.13. The monoisotopic (exact) mass is 475 g/mol. The Morgan fingerprint density at radius 2 is 1.51 bits per heavy atom. The Morgan fingerprint density at radius 3 is 2.14 bits per heavy atom. The molecule has 0 saturated carbocycles. The lowest BCUT2D eigenvalue weighted by atomic mass is 9.86. The molecular weight excluding hydrogens is 444 g/mol.